The van der Waals surface area contributed by atoms with E-state index in [4.69, 9.17) is 5.10 Å². The van der Waals surface area contributed by atoms with Crippen molar-refractivity contribution in [1.29, 1.82) is 0 Å². The van der Waals surface area contributed by atoms with Crippen LogP contribution >= 0.6 is 15.9 Å². The smallest absolute Gasteiger partial charge is 0.320 e. The number of benzene rings is 1. The van der Waals surface area contributed by atoms with Gasteiger partial charge in [-0.15, -0.1) is 0 Å². The van der Waals surface area contributed by atoms with Crippen molar-refractivity contribution in [2.24, 2.45) is 0 Å². The SMILES string of the molecule is CC(C)c1nn(-c2ccc(Br)cc2)cc1CN1CCCC1C(=O)O. The first kappa shape index (κ1) is 17.2. The highest BCUT2D eigenvalue weighted by molar-refractivity contribution is 9.10. The Morgan fingerprint density at radius 2 is 2.08 bits per heavy atom. The Balaban J connectivity index is 1.89. The molecule has 1 unspecified atom stereocenters. The highest BCUT2D eigenvalue weighted by atomic mass is 79.9. The van der Waals surface area contributed by atoms with Gasteiger partial charge in [-0.3, -0.25) is 9.69 Å². The molecule has 1 aliphatic rings. The first-order valence-corrected chi connectivity index (χ1v) is 9.06. The molecular formula is C18H22BrN3O2. The monoisotopic (exact) mass is 391 g/mol. The van der Waals surface area contributed by atoms with Crippen LogP contribution in [-0.4, -0.2) is 38.3 Å². The maximum atomic E-state index is 11.4. The van der Waals surface area contributed by atoms with Crippen LogP contribution in [-0.2, 0) is 11.3 Å². The van der Waals surface area contributed by atoms with E-state index in [0.717, 1.165) is 40.8 Å². The van der Waals surface area contributed by atoms with Gasteiger partial charge in [0, 0.05) is 22.8 Å². The molecule has 24 heavy (non-hydrogen) atoms. The molecule has 5 nitrogen and oxygen atoms in total. The van der Waals surface area contributed by atoms with Crippen LogP contribution in [0.25, 0.3) is 5.69 Å². The predicted molar refractivity (Wildman–Crippen MR) is 96.4 cm³/mol. The lowest BCUT2D eigenvalue weighted by Crippen LogP contribution is -2.35. The van der Waals surface area contributed by atoms with Crippen LogP contribution in [0.15, 0.2) is 34.9 Å². The van der Waals surface area contributed by atoms with E-state index >= 15 is 0 Å². The number of likely N-dealkylation sites (tertiary alicyclic amines) is 1. The summed E-state index contributed by atoms with van der Waals surface area (Å²) in [6.45, 7) is 5.71. The van der Waals surface area contributed by atoms with Gasteiger partial charge in [0.1, 0.15) is 6.04 Å². The maximum absolute atomic E-state index is 11.4. The third-order valence-corrected chi connectivity index (χ3v) is 5.01. The third kappa shape index (κ3) is 3.54. The molecular weight excluding hydrogens is 370 g/mol. The van der Waals surface area contributed by atoms with E-state index in [0.29, 0.717) is 12.5 Å². The second kappa shape index (κ2) is 7.07. The number of carbonyl (C=O) groups is 1. The average molecular weight is 392 g/mol. The van der Waals surface area contributed by atoms with E-state index in [1.807, 2.05) is 35.1 Å². The first-order chi connectivity index (χ1) is 11.5. The number of carboxylic acid groups (broad SMARTS) is 1. The van der Waals surface area contributed by atoms with Crippen molar-refractivity contribution in [2.75, 3.05) is 6.54 Å². The van der Waals surface area contributed by atoms with Crippen molar-refractivity contribution in [1.82, 2.24) is 14.7 Å². The standard InChI is InChI=1S/C18H22BrN3O2/c1-12(2)17-13(10-21-9-3-4-16(21)18(23)24)11-22(20-17)15-7-5-14(19)6-8-15/h5-8,11-12,16H,3-4,9-10H2,1-2H3,(H,23,24). The van der Waals surface area contributed by atoms with Crippen LogP contribution in [0.3, 0.4) is 0 Å². The topological polar surface area (TPSA) is 58.4 Å². The molecule has 1 aromatic heterocycles. The number of aromatic nitrogens is 2. The summed E-state index contributed by atoms with van der Waals surface area (Å²) in [5.74, 6) is -0.429. The minimum Gasteiger partial charge on any atom is -0.480 e. The Labute approximate surface area is 150 Å². The molecule has 3 rings (SSSR count). The van der Waals surface area contributed by atoms with E-state index in [1.165, 1.54) is 0 Å². The molecule has 0 bridgehead atoms. The van der Waals surface area contributed by atoms with E-state index in [2.05, 4.69) is 34.7 Å². The highest BCUT2D eigenvalue weighted by Gasteiger charge is 2.31. The molecule has 6 heteroatoms. The number of hydrogen-bond donors (Lipinski definition) is 1. The van der Waals surface area contributed by atoms with Crippen LogP contribution in [0.1, 0.15) is 43.9 Å². The van der Waals surface area contributed by atoms with Gasteiger partial charge in [0.05, 0.1) is 11.4 Å². The normalized spacial score (nSPS) is 18.4. The zero-order chi connectivity index (χ0) is 17.3. The third-order valence-electron chi connectivity index (χ3n) is 4.48. The summed E-state index contributed by atoms with van der Waals surface area (Å²) in [5, 5.41) is 14.1. The van der Waals surface area contributed by atoms with Gasteiger partial charge in [-0.25, -0.2) is 4.68 Å². The van der Waals surface area contributed by atoms with E-state index in [1.54, 1.807) is 0 Å². The van der Waals surface area contributed by atoms with E-state index in [9.17, 15) is 9.90 Å². The van der Waals surface area contributed by atoms with Crippen LogP contribution in [0.4, 0.5) is 0 Å². The minimum absolute atomic E-state index is 0.294. The van der Waals surface area contributed by atoms with Gasteiger partial charge in [-0.05, 0) is 49.6 Å². The summed E-state index contributed by atoms with van der Waals surface area (Å²) in [5.41, 5.74) is 3.15. The van der Waals surface area contributed by atoms with Gasteiger partial charge in [-0.2, -0.15) is 5.10 Å². The van der Waals surface area contributed by atoms with Crippen molar-refractivity contribution in [2.45, 2.75) is 45.2 Å². The quantitative estimate of drug-likeness (QED) is 0.841. The van der Waals surface area contributed by atoms with Crippen molar-refractivity contribution in [3.05, 3.63) is 46.2 Å². The fourth-order valence-electron chi connectivity index (χ4n) is 3.27. The van der Waals surface area contributed by atoms with Crippen molar-refractivity contribution >= 4 is 21.9 Å². The van der Waals surface area contributed by atoms with Crippen molar-refractivity contribution in [3.63, 3.8) is 0 Å². The summed E-state index contributed by atoms with van der Waals surface area (Å²) < 4.78 is 2.92. The Kier molecular flexibility index (Phi) is 5.06. The van der Waals surface area contributed by atoms with E-state index < -0.39 is 5.97 Å². The molecule has 1 N–H and O–H groups in total. The van der Waals surface area contributed by atoms with Crippen LogP contribution in [0.2, 0.25) is 0 Å². The molecule has 0 spiro atoms. The van der Waals surface area contributed by atoms with Crippen LogP contribution in [0.5, 0.6) is 0 Å². The lowest BCUT2D eigenvalue weighted by molar-refractivity contribution is -0.142. The van der Waals surface area contributed by atoms with Gasteiger partial charge < -0.3 is 5.11 Å². The molecule has 0 saturated carbocycles. The van der Waals surface area contributed by atoms with Gasteiger partial charge in [-0.1, -0.05) is 29.8 Å². The summed E-state index contributed by atoms with van der Waals surface area (Å²) in [6.07, 6.45) is 3.71. The molecule has 1 atom stereocenters. The lowest BCUT2D eigenvalue weighted by atomic mass is 10.1. The van der Waals surface area contributed by atoms with Crippen molar-refractivity contribution < 1.29 is 9.90 Å². The summed E-state index contributed by atoms with van der Waals surface area (Å²) in [4.78, 5) is 13.5. The molecule has 0 radical (unpaired) electrons. The van der Waals surface area contributed by atoms with Gasteiger partial charge in [0.25, 0.3) is 0 Å². The van der Waals surface area contributed by atoms with Gasteiger partial charge in [0.15, 0.2) is 0 Å². The second-order valence-electron chi connectivity index (χ2n) is 6.58. The number of halogens is 1. The number of carboxylic acids is 1. The molecule has 1 aromatic carbocycles. The Morgan fingerprint density at radius 3 is 2.71 bits per heavy atom. The Hall–Kier alpha value is -1.66. The molecule has 128 valence electrons. The number of hydrogen-bond acceptors (Lipinski definition) is 3. The van der Waals surface area contributed by atoms with Gasteiger partial charge >= 0.3 is 5.97 Å². The summed E-state index contributed by atoms with van der Waals surface area (Å²) in [6, 6.07) is 7.64. The molecule has 0 amide bonds. The fraction of sp³-hybridized carbons (Fsp3) is 0.444. The molecule has 1 fully saturated rings. The second-order valence-corrected chi connectivity index (χ2v) is 7.50. The van der Waals surface area contributed by atoms with Crippen LogP contribution < -0.4 is 0 Å². The minimum atomic E-state index is -0.723. The highest BCUT2D eigenvalue weighted by Crippen LogP contribution is 2.26. The Bertz CT molecular complexity index is 724. The predicted octanol–water partition coefficient (Wildman–Crippen LogP) is 3.81. The Morgan fingerprint density at radius 1 is 1.38 bits per heavy atom. The van der Waals surface area contributed by atoms with Gasteiger partial charge in [0.2, 0.25) is 0 Å². The van der Waals surface area contributed by atoms with Crippen molar-refractivity contribution in [3.8, 4) is 5.69 Å². The zero-order valence-corrected chi connectivity index (χ0v) is 15.5. The average Bonchev–Trinajstić information content (AvgIpc) is 3.15. The molecule has 2 aromatic rings. The number of rotatable bonds is 5. The molecule has 1 saturated heterocycles. The maximum Gasteiger partial charge on any atom is 0.320 e. The fourth-order valence-corrected chi connectivity index (χ4v) is 3.54. The molecule has 2 heterocycles. The summed E-state index contributed by atoms with van der Waals surface area (Å²) >= 11 is 3.45. The number of nitrogens with zero attached hydrogens (tertiary/aromatic N) is 3. The molecule has 1 aliphatic heterocycles. The summed E-state index contributed by atoms with van der Waals surface area (Å²) in [7, 11) is 0. The molecule has 0 aliphatic carbocycles. The first-order valence-electron chi connectivity index (χ1n) is 8.27. The van der Waals surface area contributed by atoms with E-state index in [-0.39, 0.29) is 6.04 Å². The zero-order valence-electron chi connectivity index (χ0n) is 13.9. The number of aliphatic carboxylic acids is 1. The lowest BCUT2D eigenvalue weighted by Gasteiger charge is -2.21. The largest absolute Gasteiger partial charge is 0.480 e. The van der Waals surface area contributed by atoms with Crippen LogP contribution in [0, 0.1) is 0 Å².